The second-order valence-corrected chi connectivity index (χ2v) is 6.31. The predicted molar refractivity (Wildman–Crippen MR) is 96.2 cm³/mol. The van der Waals surface area contributed by atoms with Crippen molar-refractivity contribution in [3.8, 4) is 17.7 Å². The van der Waals surface area contributed by atoms with E-state index in [1.165, 1.54) is 24.6 Å². The van der Waals surface area contributed by atoms with Crippen LogP contribution in [0.2, 0.25) is 0 Å². The zero-order valence-electron chi connectivity index (χ0n) is 13.8. The van der Waals surface area contributed by atoms with Crippen molar-refractivity contribution >= 4 is 32.9 Å². The summed E-state index contributed by atoms with van der Waals surface area (Å²) in [6.07, 6.45) is 1.42. The number of fused-ring (bicyclic) bond motifs is 1. The second kappa shape index (κ2) is 6.37. The average molecular weight is 354 g/mol. The molecule has 0 aliphatic heterocycles. The fraction of sp³-hybridized carbons (Fsp3) is 0.176. The molecule has 0 radical (unpaired) electrons. The summed E-state index contributed by atoms with van der Waals surface area (Å²) < 4.78 is 7.13. The molecule has 0 aliphatic rings. The molecule has 1 N–H and O–H groups in total. The molecule has 7 nitrogen and oxygen atoms in total. The molecule has 0 saturated carbocycles. The third-order valence-corrected chi connectivity index (χ3v) is 4.78. The lowest BCUT2D eigenvalue weighted by Gasteiger charge is -2.09. The van der Waals surface area contributed by atoms with E-state index in [1.807, 2.05) is 24.3 Å². The van der Waals surface area contributed by atoms with Crippen LogP contribution in [0.15, 0.2) is 28.0 Å². The summed E-state index contributed by atoms with van der Waals surface area (Å²) in [4.78, 5) is 20.6. The van der Waals surface area contributed by atoms with Crippen LogP contribution in [0, 0.1) is 18.3 Å². The molecule has 0 spiro atoms. The van der Waals surface area contributed by atoms with E-state index in [4.69, 9.17) is 10.00 Å². The van der Waals surface area contributed by atoms with Gasteiger partial charge in [-0.2, -0.15) is 5.26 Å². The number of rotatable bonds is 3. The Morgan fingerprint density at radius 1 is 1.48 bits per heavy atom. The summed E-state index contributed by atoms with van der Waals surface area (Å²) in [7, 11) is 3.00. The Labute approximate surface area is 147 Å². The first kappa shape index (κ1) is 16.7. The molecular weight excluding hydrogens is 340 g/mol. The highest BCUT2D eigenvalue weighted by atomic mass is 32.1. The standard InChI is InChI=1S/C17H14N4O3S/c1-9-11(7-18)15(22)21(2)16(23)12(9)8-19-17-20-13-5-4-10(24-3)6-14(13)25-17/h4-6,8,23H,1-3H3/b19-8+. The van der Waals surface area contributed by atoms with Crippen molar-refractivity contribution in [3.05, 3.63) is 45.2 Å². The van der Waals surface area contributed by atoms with Crippen LogP contribution in [0.4, 0.5) is 5.13 Å². The molecule has 1 aromatic carbocycles. The minimum atomic E-state index is -0.540. The Kier molecular flexibility index (Phi) is 4.25. The summed E-state index contributed by atoms with van der Waals surface area (Å²) in [5.41, 5.74) is 0.930. The van der Waals surface area contributed by atoms with Gasteiger partial charge < -0.3 is 9.84 Å². The largest absolute Gasteiger partial charge is 0.497 e. The van der Waals surface area contributed by atoms with Crippen molar-refractivity contribution in [3.63, 3.8) is 0 Å². The van der Waals surface area contributed by atoms with Crippen molar-refractivity contribution in [1.29, 1.82) is 5.26 Å². The molecule has 0 atom stereocenters. The van der Waals surface area contributed by atoms with Crippen LogP contribution in [-0.4, -0.2) is 28.0 Å². The summed E-state index contributed by atoms with van der Waals surface area (Å²) in [5.74, 6) is 0.491. The molecule has 0 amide bonds. The Bertz CT molecular complexity index is 1110. The molecule has 2 aromatic heterocycles. The summed E-state index contributed by atoms with van der Waals surface area (Å²) in [6, 6.07) is 7.40. The van der Waals surface area contributed by atoms with Gasteiger partial charge in [-0.3, -0.25) is 9.36 Å². The van der Waals surface area contributed by atoms with E-state index in [0.29, 0.717) is 16.3 Å². The normalized spacial score (nSPS) is 11.1. The number of ether oxygens (including phenoxy) is 1. The lowest BCUT2D eigenvalue weighted by atomic mass is 10.1. The number of aromatic hydroxyl groups is 1. The highest BCUT2D eigenvalue weighted by molar-refractivity contribution is 7.22. The molecule has 0 bridgehead atoms. The zero-order valence-corrected chi connectivity index (χ0v) is 14.6. The van der Waals surface area contributed by atoms with Gasteiger partial charge in [-0.1, -0.05) is 11.3 Å². The fourth-order valence-corrected chi connectivity index (χ4v) is 3.23. The number of hydrogen-bond donors (Lipinski definition) is 1. The average Bonchev–Trinajstić information content (AvgIpc) is 3.02. The number of hydrogen-bond acceptors (Lipinski definition) is 7. The van der Waals surface area contributed by atoms with Crippen LogP contribution in [0.1, 0.15) is 16.7 Å². The molecule has 0 fully saturated rings. The van der Waals surface area contributed by atoms with Gasteiger partial charge in [0.1, 0.15) is 17.4 Å². The smallest absolute Gasteiger partial charge is 0.271 e. The van der Waals surface area contributed by atoms with Crippen LogP contribution < -0.4 is 10.3 Å². The van der Waals surface area contributed by atoms with E-state index in [2.05, 4.69) is 9.98 Å². The number of nitrogens with zero attached hydrogens (tertiary/aromatic N) is 4. The number of aliphatic imine (C=N–C) groups is 1. The van der Waals surface area contributed by atoms with E-state index in [-0.39, 0.29) is 11.4 Å². The topological polar surface area (TPSA) is 101 Å². The van der Waals surface area contributed by atoms with Gasteiger partial charge in [0.05, 0.1) is 22.9 Å². The summed E-state index contributed by atoms with van der Waals surface area (Å²) in [6.45, 7) is 1.60. The van der Waals surface area contributed by atoms with Crippen LogP contribution in [0.3, 0.4) is 0 Å². The molecule has 0 unspecified atom stereocenters. The highest BCUT2D eigenvalue weighted by Gasteiger charge is 2.15. The van der Waals surface area contributed by atoms with Gasteiger partial charge in [0.2, 0.25) is 11.0 Å². The van der Waals surface area contributed by atoms with Crippen LogP contribution in [0.5, 0.6) is 11.6 Å². The predicted octanol–water partition coefficient (Wildman–Crippen LogP) is 2.64. The van der Waals surface area contributed by atoms with Gasteiger partial charge in [0, 0.05) is 13.3 Å². The van der Waals surface area contributed by atoms with E-state index < -0.39 is 5.56 Å². The Morgan fingerprint density at radius 3 is 2.92 bits per heavy atom. The molecule has 25 heavy (non-hydrogen) atoms. The Hall–Kier alpha value is -3.18. The maximum atomic E-state index is 12.0. The number of thiazole rings is 1. The molecule has 0 saturated heterocycles. The molecular formula is C17H14N4O3S. The van der Waals surface area contributed by atoms with Gasteiger partial charge in [-0.05, 0) is 30.7 Å². The van der Waals surface area contributed by atoms with Gasteiger partial charge in [0.15, 0.2) is 0 Å². The molecule has 0 aliphatic carbocycles. The van der Waals surface area contributed by atoms with Gasteiger partial charge >= 0.3 is 0 Å². The van der Waals surface area contributed by atoms with E-state index in [0.717, 1.165) is 20.5 Å². The van der Waals surface area contributed by atoms with Crippen molar-refractivity contribution in [2.45, 2.75) is 6.92 Å². The monoisotopic (exact) mass is 354 g/mol. The minimum absolute atomic E-state index is 0.0178. The summed E-state index contributed by atoms with van der Waals surface area (Å²) >= 11 is 1.37. The third-order valence-electron chi connectivity index (χ3n) is 3.86. The third kappa shape index (κ3) is 2.86. The lowest BCUT2D eigenvalue weighted by molar-refractivity contribution is 0.415. The first-order valence-corrected chi connectivity index (χ1v) is 8.09. The van der Waals surface area contributed by atoms with Crippen molar-refractivity contribution in [2.75, 3.05) is 7.11 Å². The van der Waals surface area contributed by atoms with Gasteiger partial charge in [-0.25, -0.2) is 9.98 Å². The van der Waals surface area contributed by atoms with E-state index >= 15 is 0 Å². The fourth-order valence-electron chi connectivity index (χ4n) is 2.39. The Morgan fingerprint density at radius 2 is 2.24 bits per heavy atom. The summed E-state index contributed by atoms with van der Waals surface area (Å²) in [5, 5.41) is 19.8. The maximum Gasteiger partial charge on any atom is 0.271 e. The van der Waals surface area contributed by atoms with Crippen molar-refractivity contribution in [1.82, 2.24) is 9.55 Å². The number of aromatic nitrogens is 2. The van der Waals surface area contributed by atoms with Crippen molar-refractivity contribution in [2.24, 2.45) is 12.0 Å². The first-order chi connectivity index (χ1) is 12.0. The van der Waals surface area contributed by atoms with Crippen molar-refractivity contribution < 1.29 is 9.84 Å². The van der Waals surface area contributed by atoms with Crippen LogP contribution in [0.25, 0.3) is 10.2 Å². The molecule has 126 valence electrons. The molecule has 2 heterocycles. The molecule has 3 rings (SSSR count). The SMILES string of the molecule is COc1ccc2nc(/N=C/c3c(C)c(C#N)c(=O)n(C)c3O)sc2c1. The maximum absolute atomic E-state index is 12.0. The molecule has 3 aromatic rings. The van der Waals surface area contributed by atoms with E-state index in [1.54, 1.807) is 14.0 Å². The minimum Gasteiger partial charge on any atom is -0.497 e. The lowest BCUT2D eigenvalue weighted by Crippen LogP contribution is -2.22. The number of benzene rings is 1. The van der Waals surface area contributed by atoms with Gasteiger partial charge in [0.25, 0.3) is 5.56 Å². The van der Waals surface area contributed by atoms with Crippen LogP contribution >= 0.6 is 11.3 Å². The quantitative estimate of drug-likeness (QED) is 0.729. The van der Waals surface area contributed by atoms with Crippen LogP contribution in [-0.2, 0) is 7.05 Å². The first-order valence-electron chi connectivity index (χ1n) is 7.27. The second-order valence-electron chi connectivity index (χ2n) is 5.30. The highest BCUT2D eigenvalue weighted by Crippen LogP contribution is 2.31. The number of nitriles is 1. The number of methoxy groups -OCH3 is 1. The van der Waals surface area contributed by atoms with Gasteiger partial charge in [-0.15, -0.1) is 0 Å². The number of pyridine rings is 1. The Balaban J connectivity index is 2.07. The zero-order chi connectivity index (χ0) is 18.1. The molecule has 8 heteroatoms. The van der Waals surface area contributed by atoms with E-state index in [9.17, 15) is 9.90 Å².